The Morgan fingerprint density at radius 1 is 0.926 bits per heavy atom. The van der Waals surface area contributed by atoms with E-state index in [-0.39, 0.29) is 17.7 Å². The summed E-state index contributed by atoms with van der Waals surface area (Å²) in [6, 6.07) is 18.1. The summed E-state index contributed by atoms with van der Waals surface area (Å²) in [5.74, 6) is -0.191. The van der Waals surface area contributed by atoms with Gasteiger partial charge in [-0.3, -0.25) is 9.59 Å². The Labute approximate surface area is 163 Å². The van der Waals surface area contributed by atoms with E-state index in [9.17, 15) is 9.59 Å². The highest BCUT2D eigenvalue weighted by molar-refractivity contribution is 7.07. The van der Waals surface area contributed by atoms with Gasteiger partial charge in [-0.2, -0.15) is 11.3 Å². The zero-order chi connectivity index (χ0) is 19.2. The maximum atomic E-state index is 12.5. The molecule has 5 heteroatoms. The van der Waals surface area contributed by atoms with Crippen LogP contribution in [-0.2, 0) is 0 Å². The summed E-state index contributed by atoms with van der Waals surface area (Å²) in [5, 5.41) is 7.12. The van der Waals surface area contributed by atoms with Gasteiger partial charge in [-0.1, -0.05) is 42.5 Å². The molecule has 3 aromatic rings. The van der Waals surface area contributed by atoms with Crippen molar-refractivity contribution < 1.29 is 9.59 Å². The summed E-state index contributed by atoms with van der Waals surface area (Å²) >= 11 is 1.65. The van der Waals surface area contributed by atoms with Gasteiger partial charge in [0.05, 0.1) is 6.04 Å². The molecule has 27 heavy (non-hydrogen) atoms. The first-order chi connectivity index (χ1) is 13.1. The molecule has 0 saturated heterocycles. The lowest BCUT2D eigenvalue weighted by atomic mass is 10.0. The lowest BCUT2D eigenvalue weighted by Gasteiger charge is -2.24. The van der Waals surface area contributed by atoms with Crippen molar-refractivity contribution in [3.05, 3.63) is 93.7 Å². The Bertz CT molecular complexity index is 888. The van der Waals surface area contributed by atoms with E-state index in [1.165, 1.54) is 5.56 Å². The topological polar surface area (TPSA) is 49.4 Å². The molecular weight excluding hydrogens is 356 g/mol. The number of likely N-dealkylation sites (N-methyl/N-ethyl adjacent to an activating group) is 1. The van der Waals surface area contributed by atoms with Gasteiger partial charge in [0.25, 0.3) is 5.91 Å². The highest BCUT2D eigenvalue weighted by atomic mass is 32.1. The lowest BCUT2D eigenvalue weighted by molar-refractivity contribution is 0.0940. The third-order valence-corrected chi connectivity index (χ3v) is 5.15. The van der Waals surface area contributed by atoms with E-state index in [0.717, 1.165) is 0 Å². The summed E-state index contributed by atoms with van der Waals surface area (Å²) in [7, 11) is 4.00. The second kappa shape index (κ2) is 8.75. The maximum Gasteiger partial charge on any atom is 0.251 e. The largest absolute Gasteiger partial charge is 0.350 e. The molecule has 1 amide bonds. The van der Waals surface area contributed by atoms with Gasteiger partial charge in [-0.15, -0.1) is 0 Å². The van der Waals surface area contributed by atoms with Gasteiger partial charge in [0.1, 0.15) is 0 Å². The fourth-order valence-corrected chi connectivity index (χ4v) is 3.59. The third-order valence-electron chi connectivity index (χ3n) is 4.45. The Morgan fingerprint density at radius 2 is 1.56 bits per heavy atom. The Hall–Kier alpha value is -2.76. The van der Waals surface area contributed by atoms with Crippen molar-refractivity contribution in [2.24, 2.45) is 0 Å². The van der Waals surface area contributed by atoms with Gasteiger partial charge in [-0.05, 0) is 48.6 Å². The first-order valence-electron chi connectivity index (χ1n) is 8.73. The van der Waals surface area contributed by atoms with Crippen LogP contribution in [0.5, 0.6) is 0 Å². The number of nitrogens with one attached hydrogen (secondary N) is 1. The molecule has 2 aromatic carbocycles. The molecule has 1 N–H and O–H groups in total. The van der Waals surface area contributed by atoms with Crippen molar-refractivity contribution in [1.82, 2.24) is 10.2 Å². The standard InChI is InChI=1S/C22H22N2O2S/c1-24(2)20(19-12-13-27-15-19)14-23-22(26)18-10-8-17(9-11-18)21(25)16-6-4-3-5-7-16/h3-13,15,20H,14H2,1-2H3,(H,23,26)/t20-/m1/s1. The molecule has 138 valence electrons. The molecule has 0 unspecified atom stereocenters. The predicted molar refractivity (Wildman–Crippen MR) is 109 cm³/mol. The number of nitrogens with zero attached hydrogens (tertiary/aromatic N) is 1. The number of hydrogen-bond donors (Lipinski definition) is 1. The SMILES string of the molecule is CN(C)[C@H](CNC(=O)c1ccc(C(=O)c2ccccc2)cc1)c1ccsc1. The van der Waals surface area contributed by atoms with Crippen LogP contribution >= 0.6 is 11.3 Å². The van der Waals surface area contributed by atoms with Crippen molar-refractivity contribution in [2.75, 3.05) is 20.6 Å². The molecule has 0 radical (unpaired) electrons. The zero-order valence-electron chi connectivity index (χ0n) is 15.4. The minimum Gasteiger partial charge on any atom is -0.350 e. The third kappa shape index (κ3) is 4.70. The van der Waals surface area contributed by atoms with Gasteiger partial charge in [0, 0.05) is 23.2 Å². The van der Waals surface area contributed by atoms with Crippen LogP contribution in [0.1, 0.15) is 37.9 Å². The van der Waals surface area contributed by atoms with E-state index < -0.39 is 0 Å². The van der Waals surface area contributed by atoms with Crippen molar-refractivity contribution in [3.8, 4) is 0 Å². The van der Waals surface area contributed by atoms with Gasteiger partial charge in [-0.25, -0.2) is 0 Å². The van der Waals surface area contributed by atoms with E-state index in [1.54, 1.807) is 47.7 Å². The van der Waals surface area contributed by atoms with Crippen molar-refractivity contribution in [1.29, 1.82) is 0 Å². The van der Waals surface area contributed by atoms with Crippen LogP contribution in [-0.4, -0.2) is 37.2 Å². The molecular formula is C22H22N2O2S. The predicted octanol–water partition coefficient (Wildman–Crippen LogP) is 4.01. The molecule has 0 spiro atoms. The second-order valence-electron chi connectivity index (χ2n) is 6.52. The monoisotopic (exact) mass is 378 g/mol. The summed E-state index contributed by atoms with van der Waals surface area (Å²) in [6.45, 7) is 0.521. The summed E-state index contributed by atoms with van der Waals surface area (Å²) < 4.78 is 0. The molecule has 0 fully saturated rings. The van der Waals surface area contributed by atoms with E-state index >= 15 is 0 Å². The highest BCUT2D eigenvalue weighted by Crippen LogP contribution is 2.20. The molecule has 0 aliphatic rings. The van der Waals surface area contributed by atoms with Crippen LogP contribution in [0, 0.1) is 0 Å². The van der Waals surface area contributed by atoms with Crippen LogP contribution in [0.2, 0.25) is 0 Å². The Kier molecular flexibility index (Phi) is 6.16. The zero-order valence-corrected chi connectivity index (χ0v) is 16.2. The molecule has 0 saturated carbocycles. The number of ketones is 1. The summed E-state index contributed by atoms with van der Waals surface area (Å²) in [5.41, 5.74) is 2.94. The minimum absolute atomic E-state index is 0.0484. The minimum atomic E-state index is -0.143. The van der Waals surface area contributed by atoms with Crippen molar-refractivity contribution >= 4 is 23.0 Å². The quantitative estimate of drug-likeness (QED) is 0.632. The van der Waals surface area contributed by atoms with Crippen molar-refractivity contribution in [2.45, 2.75) is 6.04 Å². The molecule has 1 aromatic heterocycles. The lowest BCUT2D eigenvalue weighted by Crippen LogP contribution is -2.34. The normalized spacial score (nSPS) is 12.0. The van der Waals surface area contributed by atoms with Crippen LogP contribution < -0.4 is 5.32 Å². The molecule has 0 aliphatic heterocycles. The van der Waals surface area contributed by atoms with Crippen LogP contribution in [0.4, 0.5) is 0 Å². The first-order valence-corrected chi connectivity index (χ1v) is 9.67. The van der Waals surface area contributed by atoms with E-state index in [2.05, 4.69) is 21.7 Å². The van der Waals surface area contributed by atoms with E-state index in [0.29, 0.717) is 23.2 Å². The molecule has 0 bridgehead atoms. The average Bonchev–Trinajstić information content (AvgIpc) is 3.22. The van der Waals surface area contributed by atoms with Gasteiger partial charge in [0.2, 0.25) is 0 Å². The number of carbonyl (C=O) groups is 2. The molecule has 1 atom stereocenters. The van der Waals surface area contributed by atoms with Crippen LogP contribution in [0.25, 0.3) is 0 Å². The van der Waals surface area contributed by atoms with Gasteiger partial charge >= 0.3 is 0 Å². The van der Waals surface area contributed by atoms with Crippen LogP contribution in [0.3, 0.4) is 0 Å². The Morgan fingerprint density at radius 3 is 2.15 bits per heavy atom. The van der Waals surface area contributed by atoms with Gasteiger partial charge < -0.3 is 10.2 Å². The average molecular weight is 378 g/mol. The molecule has 0 aliphatic carbocycles. The van der Waals surface area contributed by atoms with Gasteiger partial charge in [0.15, 0.2) is 5.78 Å². The summed E-state index contributed by atoms with van der Waals surface area (Å²) in [4.78, 5) is 27.0. The summed E-state index contributed by atoms with van der Waals surface area (Å²) in [6.07, 6.45) is 0. The molecule has 4 nitrogen and oxygen atoms in total. The number of carbonyl (C=O) groups excluding carboxylic acids is 2. The number of rotatable bonds is 7. The van der Waals surface area contributed by atoms with E-state index in [1.807, 2.05) is 37.7 Å². The fraction of sp³-hybridized carbons (Fsp3) is 0.182. The Balaban J connectivity index is 1.64. The first kappa shape index (κ1) is 19.0. The number of amides is 1. The van der Waals surface area contributed by atoms with E-state index in [4.69, 9.17) is 0 Å². The maximum absolute atomic E-state index is 12.5. The molecule has 3 rings (SSSR count). The smallest absolute Gasteiger partial charge is 0.251 e. The number of thiophene rings is 1. The van der Waals surface area contributed by atoms with Crippen molar-refractivity contribution in [3.63, 3.8) is 0 Å². The second-order valence-corrected chi connectivity index (χ2v) is 7.30. The fourth-order valence-electron chi connectivity index (χ4n) is 2.88. The number of hydrogen-bond acceptors (Lipinski definition) is 4. The van der Waals surface area contributed by atoms with Crippen LogP contribution in [0.15, 0.2) is 71.4 Å². The highest BCUT2D eigenvalue weighted by Gasteiger charge is 2.16. The molecule has 1 heterocycles. The number of benzene rings is 2.